The molecule has 128 valence electrons. The number of halogens is 3. The van der Waals surface area contributed by atoms with Gasteiger partial charge in [0.15, 0.2) is 9.84 Å². The molecule has 0 aromatic heterocycles. The Morgan fingerprint density at radius 3 is 2.17 bits per heavy atom. The third-order valence-electron chi connectivity index (χ3n) is 3.32. The van der Waals surface area contributed by atoms with Gasteiger partial charge < -0.3 is 5.32 Å². The number of nitrogens with one attached hydrogen (secondary N) is 1. The van der Waals surface area contributed by atoms with Crippen molar-refractivity contribution in [2.45, 2.75) is 18.0 Å². The lowest BCUT2D eigenvalue weighted by Crippen LogP contribution is -2.17. The molecule has 2 rings (SSSR count). The van der Waals surface area contributed by atoms with Crippen LogP contribution in [0.2, 0.25) is 0 Å². The minimum absolute atomic E-state index is 0.0563. The molecule has 0 atom stereocenters. The summed E-state index contributed by atoms with van der Waals surface area (Å²) >= 11 is 0. The van der Waals surface area contributed by atoms with E-state index in [-0.39, 0.29) is 21.9 Å². The van der Waals surface area contributed by atoms with Crippen LogP contribution in [0, 0.1) is 0 Å². The molecule has 0 aliphatic heterocycles. The minimum atomic E-state index is -4.47. The summed E-state index contributed by atoms with van der Waals surface area (Å²) in [6.45, 7) is 1.46. The highest BCUT2D eigenvalue weighted by Gasteiger charge is 2.30. The van der Waals surface area contributed by atoms with E-state index in [1.165, 1.54) is 31.2 Å². The molecular weight excluding hydrogens is 343 g/mol. The molecule has 0 saturated heterocycles. The molecule has 0 radical (unpaired) electrons. The molecule has 0 bridgehead atoms. The molecule has 8 heteroatoms. The Morgan fingerprint density at radius 2 is 1.62 bits per heavy atom. The lowest BCUT2D eigenvalue weighted by atomic mass is 10.1. The average Bonchev–Trinajstić information content (AvgIpc) is 2.54. The van der Waals surface area contributed by atoms with Crippen LogP contribution in [0.1, 0.15) is 22.8 Å². The Labute approximate surface area is 137 Å². The van der Waals surface area contributed by atoms with E-state index in [2.05, 4.69) is 5.32 Å². The number of carbonyl (C=O) groups excluding carboxylic acids is 1. The van der Waals surface area contributed by atoms with Crippen molar-refractivity contribution in [3.8, 4) is 0 Å². The molecule has 0 fully saturated rings. The molecule has 24 heavy (non-hydrogen) atoms. The summed E-state index contributed by atoms with van der Waals surface area (Å²) in [5, 5.41) is 2.40. The van der Waals surface area contributed by atoms with Gasteiger partial charge in [-0.3, -0.25) is 4.79 Å². The van der Waals surface area contributed by atoms with Crippen LogP contribution in [-0.2, 0) is 16.0 Å². The van der Waals surface area contributed by atoms with Gasteiger partial charge >= 0.3 is 6.18 Å². The van der Waals surface area contributed by atoms with E-state index < -0.39 is 27.5 Å². The maximum absolute atomic E-state index is 12.5. The Balaban J connectivity index is 2.29. The predicted molar refractivity (Wildman–Crippen MR) is 83.6 cm³/mol. The first-order valence-corrected chi connectivity index (χ1v) is 8.61. The number of carbonyl (C=O) groups is 1. The fourth-order valence-corrected chi connectivity index (χ4v) is 3.11. The highest BCUT2D eigenvalue weighted by molar-refractivity contribution is 7.91. The molecule has 0 aliphatic carbocycles. The van der Waals surface area contributed by atoms with E-state index in [0.29, 0.717) is 0 Å². The van der Waals surface area contributed by atoms with Crippen LogP contribution in [0.15, 0.2) is 53.4 Å². The second-order valence-corrected chi connectivity index (χ2v) is 7.18. The quantitative estimate of drug-likeness (QED) is 0.906. The Morgan fingerprint density at radius 1 is 1.04 bits per heavy atom. The third kappa shape index (κ3) is 3.94. The van der Waals surface area contributed by atoms with Crippen LogP contribution in [-0.4, -0.2) is 20.1 Å². The van der Waals surface area contributed by atoms with Gasteiger partial charge in [0.05, 0.1) is 21.8 Å². The number of hydrogen-bond donors (Lipinski definition) is 1. The van der Waals surface area contributed by atoms with Crippen molar-refractivity contribution in [1.82, 2.24) is 0 Å². The molecule has 2 aromatic rings. The molecule has 0 heterocycles. The largest absolute Gasteiger partial charge is 0.416 e. The van der Waals surface area contributed by atoms with Crippen LogP contribution >= 0.6 is 0 Å². The molecule has 1 amide bonds. The normalized spacial score (nSPS) is 12.0. The van der Waals surface area contributed by atoms with Gasteiger partial charge in [-0.1, -0.05) is 19.1 Å². The number of hydrogen-bond acceptors (Lipinski definition) is 3. The second kappa shape index (κ2) is 6.64. The van der Waals surface area contributed by atoms with Crippen molar-refractivity contribution in [3.05, 3.63) is 59.7 Å². The van der Waals surface area contributed by atoms with Crippen molar-refractivity contribution in [3.63, 3.8) is 0 Å². The summed E-state index contributed by atoms with van der Waals surface area (Å²) in [5.74, 6) is -0.875. The van der Waals surface area contributed by atoms with Crippen molar-refractivity contribution in [1.29, 1.82) is 0 Å². The topological polar surface area (TPSA) is 63.2 Å². The molecule has 1 N–H and O–H groups in total. The Hall–Kier alpha value is -2.35. The van der Waals surface area contributed by atoms with Crippen LogP contribution in [0.4, 0.5) is 18.9 Å². The highest BCUT2D eigenvalue weighted by atomic mass is 32.2. The third-order valence-corrected chi connectivity index (χ3v) is 5.10. The summed E-state index contributed by atoms with van der Waals surface area (Å²) in [5.41, 5.74) is -0.759. The number of alkyl halides is 3. The van der Waals surface area contributed by atoms with Crippen LogP contribution in [0.5, 0.6) is 0 Å². The molecule has 0 aliphatic rings. The summed E-state index contributed by atoms with van der Waals surface area (Å²) in [6, 6.07) is 9.57. The zero-order valence-electron chi connectivity index (χ0n) is 12.6. The minimum Gasteiger partial charge on any atom is -0.322 e. The van der Waals surface area contributed by atoms with E-state index >= 15 is 0 Å². The predicted octanol–water partition coefficient (Wildman–Crippen LogP) is 3.75. The lowest BCUT2D eigenvalue weighted by molar-refractivity contribution is -0.137. The van der Waals surface area contributed by atoms with E-state index in [1.807, 2.05) is 0 Å². The van der Waals surface area contributed by atoms with Crippen molar-refractivity contribution >= 4 is 21.4 Å². The van der Waals surface area contributed by atoms with Crippen LogP contribution < -0.4 is 5.32 Å². The van der Waals surface area contributed by atoms with E-state index in [1.54, 1.807) is 0 Å². The maximum atomic E-state index is 12.5. The zero-order valence-corrected chi connectivity index (χ0v) is 13.4. The average molecular weight is 357 g/mol. The van der Waals surface area contributed by atoms with Crippen molar-refractivity contribution in [2.75, 3.05) is 11.1 Å². The van der Waals surface area contributed by atoms with E-state index in [0.717, 1.165) is 24.3 Å². The molecule has 0 unspecified atom stereocenters. The van der Waals surface area contributed by atoms with Gasteiger partial charge in [0.25, 0.3) is 5.91 Å². The molecule has 0 saturated carbocycles. The van der Waals surface area contributed by atoms with Gasteiger partial charge in [-0.2, -0.15) is 13.2 Å². The highest BCUT2D eigenvalue weighted by Crippen LogP contribution is 2.30. The van der Waals surface area contributed by atoms with Gasteiger partial charge in [-0.25, -0.2) is 8.42 Å². The fraction of sp³-hybridized carbons (Fsp3) is 0.188. The number of amides is 1. The number of anilines is 1. The summed E-state index contributed by atoms with van der Waals surface area (Å²) in [7, 11) is -3.60. The first kappa shape index (κ1) is 18.0. The monoisotopic (exact) mass is 357 g/mol. The van der Waals surface area contributed by atoms with Crippen LogP contribution in [0.25, 0.3) is 0 Å². The summed E-state index contributed by atoms with van der Waals surface area (Å²) < 4.78 is 61.6. The van der Waals surface area contributed by atoms with Gasteiger partial charge in [0, 0.05) is 5.69 Å². The first-order chi connectivity index (χ1) is 11.1. The molecule has 0 spiro atoms. The Bertz CT molecular complexity index is 844. The molecule has 2 aromatic carbocycles. The zero-order chi connectivity index (χ0) is 18.0. The van der Waals surface area contributed by atoms with Crippen LogP contribution in [0.3, 0.4) is 0 Å². The lowest BCUT2D eigenvalue weighted by Gasteiger charge is -2.11. The fourth-order valence-electron chi connectivity index (χ4n) is 2.02. The van der Waals surface area contributed by atoms with Gasteiger partial charge in [-0.05, 0) is 36.4 Å². The number of benzene rings is 2. The van der Waals surface area contributed by atoms with Gasteiger partial charge in [-0.15, -0.1) is 0 Å². The second-order valence-electron chi connectivity index (χ2n) is 4.93. The van der Waals surface area contributed by atoms with Gasteiger partial charge in [0.2, 0.25) is 0 Å². The summed E-state index contributed by atoms with van der Waals surface area (Å²) in [6.07, 6.45) is -4.47. The SMILES string of the molecule is CCS(=O)(=O)c1ccccc1C(=O)Nc1ccc(C(F)(F)F)cc1. The van der Waals surface area contributed by atoms with Gasteiger partial charge in [0.1, 0.15) is 0 Å². The van der Waals surface area contributed by atoms with E-state index in [9.17, 15) is 26.4 Å². The first-order valence-electron chi connectivity index (χ1n) is 6.95. The maximum Gasteiger partial charge on any atom is 0.416 e. The number of rotatable bonds is 4. The molecule has 4 nitrogen and oxygen atoms in total. The number of sulfone groups is 1. The van der Waals surface area contributed by atoms with Crippen molar-refractivity contribution in [2.24, 2.45) is 0 Å². The molecular formula is C16H14F3NO3S. The standard InChI is InChI=1S/C16H14F3NO3S/c1-2-24(22,23)14-6-4-3-5-13(14)15(21)20-12-9-7-11(8-10-12)16(17,18)19/h3-10H,2H2,1H3,(H,20,21). The van der Waals surface area contributed by atoms with Crippen molar-refractivity contribution < 1.29 is 26.4 Å². The Kier molecular flexibility index (Phi) is 4.98. The van der Waals surface area contributed by atoms with E-state index in [4.69, 9.17) is 0 Å². The smallest absolute Gasteiger partial charge is 0.322 e. The summed E-state index contributed by atoms with van der Waals surface area (Å²) in [4.78, 5) is 12.2.